The standard InChI is InChI=1S/C24H34O5.Na/c1-13(4-7-21(28)29)16-5-6-17-22-18(12-20(27)24(16,17)3)23(2)9-8-15(25)10-14(23)11-19(22)26;/h13-14,16-18,22H,4-12H2,1-3H3,(H,28,29);/q;+1/p-1/t13-,14+,16-,17?,18?,22?,23?,24?;/m1./s1. The SMILES string of the molecule is C[C@H](CCC(=O)[O-])[C@H]1CCC2C3C(=O)C[C@@H]4CC(=O)CCC4(C)C3CC(=O)C21C.[Na+]. The summed E-state index contributed by atoms with van der Waals surface area (Å²) in [7, 11) is 0. The number of fused-ring (bicyclic) bond motifs is 5. The third-order valence-corrected chi connectivity index (χ3v) is 9.71. The van der Waals surface area contributed by atoms with Gasteiger partial charge in [-0.05, 0) is 67.1 Å². The quantitative estimate of drug-likeness (QED) is 0.580. The largest absolute Gasteiger partial charge is 1.00 e. The van der Waals surface area contributed by atoms with Gasteiger partial charge in [0.25, 0.3) is 0 Å². The zero-order valence-corrected chi connectivity index (χ0v) is 20.9. The first-order valence-corrected chi connectivity index (χ1v) is 11.4. The second kappa shape index (κ2) is 8.44. The minimum absolute atomic E-state index is 0. The molecule has 4 aliphatic carbocycles. The summed E-state index contributed by atoms with van der Waals surface area (Å²) in [6.07, 6.45) is 5.08. The van der Waals surface area contributed by atoms with E-state index in [1.807, 2.05) is 6.92 Å². The summed E-state index contributed by atoms with van der Waals surface area (Å²) in [5, 5.41) is 10.9. The smallest absolute Gasteiger partial charge is 0.550 e. The van der Waals surface area contributed by atoms with Gasteiger partial charge in [-0.15, -0.1) is 0 Å². The summed E-state index contributed by atoms with van der Waals surface area (Å²) in [6, 6.07) is 0. The van der Waals surface area contributed by atoms with E-state index in [4.69, 9.17) is 0 Å². The van der Waals surface area contributed by atoms with Crippen molar-refractivity contribution in [1.82, 2.24) is 0 Å². The van der Waals surface area contributed by atoms with Crippen LogP contribution in [0.2, 0.25) is 0 Å². The molecule has 0 radical (unpaired) electrons. The molecule has 0 aromatic carbocycles. The van der Waals surface area contributed by atoms with Crippen molar-refractivity contribution in [3.63, 3.8) is 0 Å². The molecule has 0 spiro atoms. The van der Waals surface area contributed by atoms with Gasteiger partial charge in [0.1, 0.15) is 17.3 Å². The second-order valence-electron chi connectivity index (χ2n) is 10.8. The summed E-state index contributed by atoms with van der Waals surface area (Å²) in [6.45, 7) is 6.32. The Labute approximate surface area is 201 Å². The van der Waals surface area contributed by atoms with Crippen molar-refractivity contribution < 1.29 is 53.8 Å². The fraction of sp³-hybridized carbons (Fsp3) is 0.833. The molecule has 0 N–H and O–H groups in total. The fourth-order valence-corrected chi connectivity index (χ4v) is 7.94. The predicted molar refractivity (Wildman–Crippen MR) is 104 cm³/mol. The van der Waals surface area contributed by atoms with Crippen LogP contribution < -0.4 is 34.7 Å². The van der Waals surface area contributed by atoms with Crippen LogP contribution in [0, 0.1) is 46.3 Å². The summed E-state index contributed by atoms with van der Waals surface area (Å²) >= 11 is 0. The molecular formula is C24H33NaO5. The van der Waals surface area contributed by atoms with Crippen LogP contribution in [0.5, 0.6) is 0 Å². The molecule has 0 amide bonds. The van der Waals surface area contributed by atoms with Crippen LogP contribution in [0.15, 0.2) is 0 Å². The first kappa shape index (κ1) is 24.1. The minimum Gasteiger partial charge on any atom is -0.550 e. The van der Waals surface area contributed by atoms with Gasteiger partial charge >= 0.3 is 29.6 Å². The Morgan fingerprint density at radius 3 is 2.47 bits per heavy atom. The average molecular weight is 425 g/mol. The van der Waals surface area contributed by atoms with Gasteiger partial charge < -0.3 is 9.90 Å². The number of carbonyl (C=O) groups is 4. The van der Waals surface area contributed by atoms with E-state index in [1.165, 1.54) is 0 Å². The molecule has 4 rings (SSSR count). The number of carboxylic acids is 1. The average Bonchev–Trinajstić information content (AvgIpc) is 3.01. The molecule has 0 heterocycles. The van der Waals surface area contributed by atoms with Crippen molar-refractivity contribution >= 4 is 23.3 Å². The Morgan fingerprint density at radius 2 is 1.80 bits per heavy atom. The Hall–Kier alpha value is -0.520. The maximum absolute atomic E-state index is 13.6. The van der Waals surface area contributed by atoms with Gasteiger partial charge in [0, 0.05) is 43.0 Å². The molecule has 0 aromatic heterocycles. The van der Waals surface area contributed by atoms with Gasteiger partial charge in [0.05, 0.1) is 0 Å². The molecule has 0 saturated heterocycles. The molecule has 6 heteroatoms. The summed E-state index contributed by atoms with van der Waals surface area (Å²) in [4.78, 5) is 49.8. The maximum atomic E-state index is 13.6. The molecule has 4 aliphatic rings. The Kier molecular flexibility index (Phi) is 6.79. The van der Waals surface area contributed by atoms with Crippen molar-refractivity contribution in [3.05, 3.63) is 0 Å². The molecule has 4 fully saturated rings. The molecule has 4 saturated carbocycles. The number of ketones is 3. The number of carbonyl (C=O) groups excluding carboxylic acids is 4. The number of hydrogen-bond donors (Lipinski definition) is 0. The second-order valence-corrected chi connectivity index (χ2v) is 10.8. The van der Waals surface area contributed by atoms with Crippen molar-refractivity contribution in [2.45, 2.75) is 78.6 Å². The monoisotopic (exact) mass is 424 g/mol. The van der Waals surface area contributed by atoms with Crippen LogP contribution in [-0.4, -0.2) is 23.3 Å². The van der Waals surface area contributed by atoms with Crippen molar-refractivity contribution in [1.29, 1.82) is 0 Å². The molecule has 160 valence electrons. The first-order chi connectivity index (χ1) is 13.6. The van der Waals surface area contributed by atoms with Crippen LogP contribution >= 0.6 is 0 Å². The predicted octanol–water partition coefficient (Wildman–Crippen LogP) is -0.257. The topological polar surface area (TPSA) is 91.3 Å². The molecule has 0 bridgehead atoms. The van der Waals surface area contributed by atoms with Gasteiger partial charge in [-0.25, -0.2) is 0 Å². The van der Waals surface area contributed by atoms with Crippen LogP contribution in [0.3, 0.4) is 0 Å². The molecule has 8 atom stereocenters. The van der Waals surface area contributed by atoms with E-state index in [0.29, 0.717) is 32.1 Å². The van der Waals surface area contributed by atoms with Crippen molar-refractivity contribution in [3.8, 4) is 0 Å². The Bertz CT molecular complexity index is 763. The molecule has 0 aromatic rings. The number of aliphatic carboxylic acids is 1. The molecule has 5 unspecified atom stereocenters. The Balaban J connectivity index is 0.00000256. The van der Waals surface area contributed by atoms with E-state index < -0.39 is 11.4 Å². The van der Waals surface area contributed by atoms with Crippen LogP contribution in [-0.2, 0) is 19.2 Å². The van der Waals surface area contributed by atoms with Gasteiger partial charge in [-0.3, -0.25) is 14.4 Å². The molecule has 30 heavy (non-hydrogen) atoms. The van der Waals surface area contributed by atoms with Crippen LogP contribution in [0.1, 0.15) is 78.6 Å². The molecule has 5 nitrogen and oxygen atoms in total. The summed E-state index contributed by atoms with van der Waals surface area (Å²) in [5.74, 6) is 0.130. The zero-order chi connectivity index (χ0) is 21.1. The number of carboxylic acid groups (broad SMARTS) is 1. The Morgan fingerprint density at radius 1 is 1.10 bits per heavy atom. The summed E-state index contributed by atoms with van der Waals surface area (Å²) < 4.78 is 0. The third kappa shape index (κ3) is 3.57. The number of Topliss-reactive ketones (excluding diaryl/α,β-unsaturated/α-hetero) is 3. The van der Waals surface area contributed by atoms with E-state index in [-0.39, 0.29) is 94.3 Å². The minimum atomic E-state index is -1.04. The normalized spacial score (nSPS) is 43.8. The van der Waals surface area contributed by atoms with Crippen molar-refractivity contribution in [2.75, 3.05) is 0 Å². The first-order valence-electron chi connectivity index (χ1n) is 11.4. The van der Waals surface area contributed by atoms with Gasteiger partial charge in [-0.1, -0.05) is 20.8 Å². The maximum Gasteiger partial charge on any atom is 1.00 e. The van der Waals surface area contributed by atoms with Gasteiger partial charge in [0.2, 0.25) is 0 Å². The molecular weight excluding hydrogens is 391 g/mol. The zero-order valence-electron chi connectivity index (χ0n) is 18.9. The van der Waals surface area contributed by atoms with E-state index in [2.05, 4.69) is 13.8 Å². The summed E-state index contributed by atoms with van der Waals surface area (Å²) in [5.41, 5.74) is -0.627. The van der Waals surface area contributed by atoms with Crippen LogP contribution in [0.4, 0.5) is 0 Å². The van der Waals surface area contributed by atoms with Gasteiger partial charge in [-0.2, -0.15) is 0 Å². The van der Waals surface area contributed by atoms with Crippen LogP contribution in [0.25, 0.3) is 0 Å². The molecule has 0 aliphatic heterocycles. The van der Waals surface area contributed by atoms with E-state index >= 15 is 0 Å². The van der Waals surface area contributed by atoms with E-state index in [1.54, 1.807) is 0 Å². The van der Waals surface area contributed by atoms with Gasteiger partial charge in [0.15, 0.2) is 0 Å². The van der Waals surface area contributed by atoms with E-state index in [9.17, 15) is 24.3 Å². The number of rotatable bonds is 4. The van der Waals surface area contributed by atoms with E-state index in [0.717, 1.165) is 19.3 Å². The van der Waals surface area contributed by atoms with Crippen molar-refractivity contribution in [2.24, 2.45) is 46.3 Å². The third-order valence-electron chi connectivity index (χ3n) is 9.71. The number of hydrogen-bond acceptors (Lipinski definition) is 5. The fourth-order valence-electron chi connectivity index (χ4n) is 7.94.